The van der Waals surface area contributed by atoms with E-state index >= 15 is 0 Å². The molecule has 3 aromatic rings. The summed E-state index contributed by atoms with van der Waals surface area (Å²) in [4.78, 5) is 15.0. The highest BCUT2D eigenvalue weighted by atomic mass is 16.4. The van der Waals surface area contributed by atoms with Crippen LogP contribution in [0, 0.1) is 0 Å². The lowest BCUT2D eigenvalue weighted by Crippen LogP contribution is -2.32. The molecule has 0 bridgehead atoms. The molecule has 1 unspecified atom stereocenters. The summed E-state index contributed by atoms with van der Waals surface area (Å²) in [6, 6.07) is 9.18. The number of pyridine rings is 1. The van der Waals surface area contributed by atoms with Crippen LogP contribution >= 0.6 is 0 Å². The van der Waals surface area contributed by atoms with Gasteiger partial charge in [-0.3, -0.25) is 9.78 Å². The minimum atomic E-state index is -0.984. The molecular weight excluding hydrogens is 302 g/mol. The standard InChI is InChI=1S/C17H17N3O2.C2H6/c1-20-10-13(9-15(18)17(21)22)14-8-12(2-3-16(14)20)11-4-6-19-7-5-11;1-2/h2-8,10,15H,9,18H2,1H3,(H,21,22);1-2H3. The summed E-state index contributed by atoms with van der Waals surface area (Å²) in [5.41, 5.74) is 9.84. The quantitative estimate of drug-likeness (QED) is 0.771. The first-order chi connectivity index (χ1) is 11.6. The molecule has 0 aliphatic heterocycles. The summed E-state index contributed by atoms with van der Waals surface area (Å²) < 4.78 is 2.00. The number of nitrogens with zero attached hydrogens (tertiary/aromatic N) is 2. The monoisotopic (exact) mass is 325 g/mol. The summed E-state index contributed by atoms with van der Waals surface area (Å²) in [7, 11) is 1.95. The molecule has 0 radical (unpaired) electrons. The summed E-state index contributed by atoms with van der Waals surface area (Å²) in [6.45, 7) is 4.00. The first kappa shape index (κ1) is 17.7. The maximum absolute atomic E-state index is 11.0. The molecule has 126 valence electrons. The van der Waals surface area contributed by atoms with Crippen LogP contribution in [-0.2, 0) is 18.3 Å². The number of fused-ring (bicyclic) bond motifs is 1. The molecule has 2 aromatic heterocycles. The number of aryl methyl sites for hydroxylation is 1. The van der Waals surface area contributed by atoms with Gasteiger partial charge in [0.25, 0.3) is 0 Å². The molecule has 3 N–H and O–H groups in total. The van der Waals surface area contributed by atoms with Crippen molar-refractivity contribution in [1.82, 2.24) is 9.55 Å². The molecule has 0 fully saturated rings. The first-order valence-electron chi connectivity index (χ1n) is 8.03. The van der Waals surface area contributed by atoms with E-state index in [1.165, 1.54) is 0 Å². The molecule has 0 amide bonds. The van der Waals surface area contributed by atoms with Crippen molar-refractivity contribution in [3.05, 3.63) is 54.5 Å². The molecule has 1 atom stereocenters. The lowest BCUT2D eigenvalue weighted by atomic mass is 10.0. The van der Waals surface area contributed by atoms with Crippen molar-refractivity contribution in [3.63, 3.8) is 0 Å². The number of carboxylic acid groups (broad SMARTS) is 1. The van der Waals surface area contributed by atoms with Gasteiger partial charge in [-0.25, -0.2) is 0 Å². The maximum Gasteiger partial charge on any atom is 0.320 e. The van der Waals surface area contributed by atoms with E-state index in [1.54, 1.807) is 12.4 Å². The lowest BCUT2D eigenvalue weighted by molar-refractivity contribution is -0.138. The average molecular weight is 325 g/mol. The zero-order valence-electron chi connectivity index (χ0n) is 14.2. The van der Waals surface area contributed by atoms with Gasteiger partial charge < -0.3 is 15.4 Å². The van der Waals surface area contributed by atoms with E-state index in [9.17, 15) is 4.79 Å². The molecule has 0 spiro atoms. The van der Waals surface area contributed by atoms with E-state index < -0.39 is 12.0 Å². The number of aliphatic carboxylic acids is 1. The molecule has 5 nitrogen and oxygen atoms in total. The highest BCUT2D eigenvalue weighted by Crippen LogP contribution is 2.28. The van der Waals surface area contributed by atoms with Crippen molar-refractivity contribution in [3.8, 4) is 11.1 Å². The third-order valence-corrected chi connectivity index (χ3v) is 3.84. The lowest BCUT2D eigenvalue weighted by Gasteiger charge is -2.06. The second-order valence-corrected chi connectivity index (χ2v) is 5.38. The minimum absolute atomic E-state index is 0.312. The Kier molecular flexibility index (Phi) is 5.71. The van der Waals surface area contributed by atoms with E-state index in [2.05, 4.69) is 17.1 Å². The number of hydrogen-bond acceptors (Lipinski definition) is 3. The summed E-state index contributed by atoms with van der Waals surface area (Å²) >= 11 is 0. The van der Waals surface area contributed by atoms with Crippen molar-refractivity contribution in [1.29, 1.82) is 0 Å². The number of benzene rings is 1. The van der Waals surface area contributed by atoms with E-state index in [1.807, 2.05) is 49.9 Å². The van der Waals surface area contributed by atoms with Crippen LogP contribution in [0.4, 0.5) is 0 Å². The van der Waals surface area contributed by atoms with Crippen LogP contribution in [0.2, 0.25) is 0 Å². The highest BCUT2D eigenvalue weighted by Gasteiger charge is 2.16. The third kappa shape index (κ3) is 3.63. The van der Waals surface area contributed by atoms with Crippen LogP contribution in [0.25, 0.3) is 22.0 Å². The largest absolute Gasteiger partial charge is 0.480 e. The van der Waals surface area contributed by atoms with E-state index in [4.69, 9.17) is 10.8 Å². The molecule has 0 aliphatic carbocycles. The van der Waals surface area contributed by atoms with Crippen LogP contribution in [0.1, 0.15) is 19.4 Å². The van der Waals surface area contributed by atoms with Crippen molar-refractivity contribution >= 4 is 16.9 Å². The molecule has 2 heterocycles. The van der Waals surface area contributed by atoms with Gasteiger partial charge in [0.05, 0.1) is 0 Å². The summed E-state index contributed by atoms with van der Waals surface area (Å²) in [5, 5.41) is 10.1. The Morgan fingerprint density at radius 2 is 1.88 bits per heavy atom. The van der Waals surface area contributed by atoms with Gasteiger partial charge in [0.15, 0.2) is 0 Å². The van der Waals surface area contributed by atoms with Crippen LogP contribution in [0.3, 0.4) is 0 Å². The Bertz CT molecular complexity index is 825. The normalized spacial score (nSPS) is 11.7. The number of nitrogens with two attached hydrogens (primary N) is 1. The zero-order chi connectivity index (χ0) is 17.7. The predicted molar refractivity (Wildman–Crippen MR) is 96.8 cm³/mol. The Morgan fingerprint density at radius 1 is 1.21 bits per heavy atom. The second-order valence-electron chi connectivity index (χ2n) is 5.38. The Balaban J connectivity index is 0.00000100. The number of aromatic nitrogens is 2. The first-order valence-corrected chi connectivity index (χ1v) is 8.03. The maximum atomic E-state index is 11.0. The fraction of sp³-hybridized carbons (Fsp3) is 0.263. The van der Waals surface area contributed by atoms with Crippen LogP contribution < -0.4 is 5.73 Å². The summed E-state index contributed by atoms with van der Waals surface area (Å²) in [6.07, 6.45) is 5.77. The topological polar surface area (TPSA) is 81.1 Å². The SMILES string of the molecule is CC.Cn1cc(CC(N)C(=O)O)c2cc(-c3ccncc3)ccc21. The second kappa shape index (κ2) is 7.75. The van der Waals surface area contributed by atoms with E-state index in [-0.39, 0.29) is 0 Å². The molecule has 3 rings (SSSR count). The Labute approximate surface area is 141 Å². The zero-order valence-corrected chi connectivity index (χ0v) is 14.2. The highest BCUT2D eigenvalue weighted by molar-refractivity contribution is 5.89. The van der Waals surface area contributed by atoms with Crippen molar-refractivity contribution in [2.24, 2.45) is 12.8 Å². The number of carboxylic acids is 1. The molecule has 0 saturated carbocycles. The van der Waals surface area contributed by atoms with Gasteiger partial charge in [0.1, 0.15) is 6.04 Å². The van der Waals surface area contributed by atoms with Gasteiger partial charge >= 0.3 is 5.97 Å². The number of carbonyl (C=O) groups is 1. The smallest absolute Gasteiger partial charge is 0.320 e. The average Bonchev–Trinajstić information content (AvgIpc) is 2.92. The number of hydrogen-bond donors (Lipinski definition) is 2. The molecule has 0 saturated heterocycles. The van der Waals surface area contributed by atoms with Gasteiger partial charge in [-0.1, -0.05) is 19.9 Å². The molecule has 1 aromatic carbocycles. The van der Waals surface area contributed by atoms with Gasteiger partial charge in [0, 0.05) is 43.0 Å². The van der Waals surface area contributed by atoms with Crippen LogP contribution in [0.5, 0.6) is 0 Å². The Hall–Kier alpha value is -2.66. The predicted octanol–water partition coefficient (Wildman–Crippen LogP) is 3.22. The fourth-order valence-electron chi connectivity index (χ4n) is 2.68. The summed E-state index contributed by atoms with van der Waals surface area (Å²) in [5.74, 6) is -0.984. The van der Waals surface area contributed by atoms with E-state index in [0.717, 1.165) is 27.6 Å². The Morgan fingerprint density at radius 3 is 2.50 bits per heavy atom. The third-order valence-electron chi connectivity index (χ3n) is 3.84. The fourth-order valence-corrected chi connectivity index (χ4v) is 2.68. The van der Waals surface area contributed by atoms with Gasteiger partial charge in [-0.2, -0.15) is 0 Å². The van der Waals surface area contributed by atoms with Gasteiger partial charge in [-0.15, -0.1) is 0 Å². The van der Waals surface area contributed by atoms with E-state index in [0.29, 0.717) is 6.42 Å². The molecular formula is C19H23N3O2. The molecule has 5 heteroatoms. The number of rotatable bonds is 4. The van der Waals surface area contributed by atoms with Gasteiger partial charge in [0.2, 0.25) is 0 Å². The van der Waals surface area contributed by atoms with Crippen LogP contribution in [-0.4, -0.2) is 26.7 Å². The van der Waals surface area contributed by atoms with Crippen molar-refractivity contribution < 1.29 is 9.90 Å². The van der Waals surface area contributed by atoms with Gasteiger partial charge in [-0.05, 0) is 41.0 Å². The molecule has 0 aliphatic rings. The van der Waals surface area contributed by atoms with Crippen molar-refractivity contribution in [2.75, 3.05) is 0 Å². The van der Waals surface area contributed by atoms with Crippen molar-refractivity contribution in [2.45, 2.75) is 26.3 Å². The minimum Gasteiger partial charge on any atom is -0.480 e. The molecule has 24 heavy (non-hydrogen) atoms. The van der Waals surface area contributed by atoms with Crippen LogP contribution in [0.15, 0.2) is 48.9 Å².